The maximum absolute atomic E-state index is 13.1. The van der Waals surface area contributed by atoms with Crippen molar-refractivity contribution in [3.05, 3.63) is 69.5 Å². The molecule has 1 heterocycles. The number of carbonyl (C=O) groups is 2. The molecule has 0 bridgehead atoms. The smallest absolute Gasteiger partial charge is 0.416 e. The van der Waals surface area contributed by atoms with Crippen LogP contribution in [-0.2, 0) is 24.4 Å². The van der Waals surface area contributed by atoms with E-state index in [1.165, 1.54) is 11.6 Å². The van der Waals surface area contributed by atoms with Gasteiger partial charge in [-0.25, -0.2) is 0 Å². The largest absolute Gasteiger partial charge is 0.425 e. The molecule has 3 aromatic rings. The molecule has 0 fully saturated rings. The third kappa shape index (κ3) is 4.76. The van der Waals surface area contributed by atoms with E-state index in [0.717, 1.165) is 29.8 Å². The van der Waals surface area contributed by atoms with Crippen molar-refractivity contribution in [2.24, 2.45) is 13.0 Å². The van der Waals surface area contributed by atoms with Crippen molar-refractivity contribution in [1.82, 2.24) is 4.57 Å². The summed E-state index contributed by atoms with van der Waals surface area (Å²) in [6.07, 6.45) is -3.98. The molecule has 0 aliphatic carbocycles. The van der Waals surface area contributed by atoms with Crippen LogP contribution < -0.4 is 15.6 Å². The minimum Gasteiger partial charge on any atom is -0.425 e. The van der Waals surface area contributed by atoms with Gasteiger partial charge in [0.1, 0.15) is 5.56 Å². The molecule has 0 spiro atoms. The van der Waals surface area contributed by atoms with Crippen LogP contribution in [0.15, 0.2) is 47.3 Å². The van der Waals surface area contributed by atoms with Gasteiger partial charge in [0, 0.05) is 18.1 Å². The van der Waals surface area contributed by atoms with Crippen molar-refractivity contribution in [3.8, 4) is 5.75 Å². The number of pyridine rings is 1. The van der Waals surface area contributed by atoms with Gasteiger partial charge in [-0.3, -0.25) is 14.4 Å². The monoisotopic (exact) mass is 460 g/mol. The first-order valence-electron chi connectivity index (χ1n) is 10.3. The Morgan fingerprint density at radius 2 is 1.73 bits per heavy atom. The van der Waals surface area contributed by atoms with E-state index in [1.54, 1.807) is 32.0 Å². The summed E-state index contributed by atoms with van der Waals surface area (Å²) in [6, 6.07) is 9.06. The van der Waals surface area contributed by atoms with E-state index in [1.807, 2.05) is 6.92 Å². The molecule has 1 aromatic heterocycles. The molecule has 2 aromatic carbocycles. The average molecular weight is 460 g/mol. The van der Waals surface area contributed by atoms with E-state index in [9.17, 15) is 27.6 Å². The van der Waals surface area contributed by atoms with E-state index in [0.29, 0.717) is 17.3 Å². The molecule has 0 saturated heterocycles. The maximum Gasteiger partial charge on any atom is 0.416 e. The number of hydrogen-bond donors (Lipinski definition) is 1. The first-order chi connectivity index (χ1) is 15.5. The van der Waals surface area contributed by atoms with Crippen molar-refractivity contribution in [2.75, 3.05) is 5.32 Å². The number of aryl methyl sites for hydroxylation is 2. The van der Waals surface area contributed by atoms with Gasteiger partial charge in [0.15, 0.2) is 5.75 Å². The summed E-state index contributed by atoms with van der Waals surface area (Å²) in [6.45, 7) is 5.12. The molecule has 1 N–H and O–H groups in total. The summed E-state index contributed by atoms with van der Waals surface area (Å²) in [5.41, 5.74) is -0.678. The Kier molecular flexibility index (Phi) is 6.62. The van der Waals surface area contributed by atoms with Crippen LogP contribution >= 0.6 is 0 Å². The number of nitrogens with one attached hydrogen (secondary N) is 1. The first kappa shape index (κ1) is 24.0. The number of benzene rings is 2. The lowest BCUT2D eigenvalue weighted by molar-refractivity contribution is -0.138. The highest BCUT2D eigenvalue weighted by molar-refractivity contribution is 6.10. The van der Waals surface area contributed by atoms with Gasteiger partial charge < -0.3 is 14.6 Å². The van der Waals surface area contributed by atoms with Gasteiger partial charge in [0.25, 0.3) is 11.5 Å². The van der Waals surface area contributed by atoms with E-state index < -0.39 is 40.7 Å². The molecule has 0 saturated carbocycles. The summed E-state index contributed by atoms with van der Waals surface area (Å²) >= 11 is 0. The van der Waals surface area contributed by atoms with E-state index >= 15 is 0 Å². The molecule has 3 rings (SSSR count). The van der Waals surface area contributed by atoms with Crippen LogP contribution in [-0.4, -0.2) is 16.4 Å². The van der Waals surface area contributed by atoms with Crippen molar-refractivity contribution >= 4 is 28.5 Å². The highest BCUT2D eigenvalue weighted by atomic mass is 19.4. The molecule has 0 radical (unpaired) electrons. The Morgan fingerprint density at radius 1 is 1.09 bits per heavy atom. The Morgan fingerprint density at radius 3 is 2.27 bits per heavy atom. The van der Waals surface area contributed by atoms with Gasteiger partial charge in [-0.1, -0.05) is 32.9 Å². The first-order valence-corrected chi connectivity index (χ1v) is 10.3. The molecule has 6 nitrogen and oxygen atoms in total. The van der Waals surface area contributed by atoms with E-state index in [-0.39, 0.29) is 11.4 Å². The minimum absolute atomic E-state index is 0.0556. The third-order valence-corrected chi connectivity index (χ3v) is 5.21. The quantitative estimate of drug-likeness (QED) is 0.548. The summed E-state index contributed by atoms with van der Waals surface area (Å²) in [4.78, 5) is 38.7. The lowest BCUT2D eigenvalue weighted by Gasteiger charge is -2.18. The summed E-state index contributed by atoms with van der Waals surface area (Å²) in [5, 5.41) is 2.89. The number of hydrogen-bond acceptors (Lipinski definition) is 4. The van der Waals surface area contributed by atoms with Gasteiger partial charge in [-0.15, -0.1) is 0 Å². The predicted octanol–water partition coefficient (Wildman–Crippen LogP) is 4.93. The van der Waals surface area contributed by atoms with Crippen LogP contribution in [0.4, 0.5) is 18.9 Å². The normalized spacial score (nSPS) is 11.6. The number of nitrogens with zero attached hydrogens (tertiary/aromatic N) is 1. The zero-order valence-electron chi connectivity index (χ0n) is 18.5. The molecule has 0 aliphatic rings. The fourth-order valence-corrected chi connectivity index (χ4v) is 3.38. The zero-order valence-corrected chi connectivity index (χ0v) is 18.5. The molecule has 0 unspecified atom stereocenters. The van der Waals surface area contributed by atoms with Crippen LogP contribution in [0, 0.1) is 5.92 Å². The highest BCUT2D eigenvalue weighted by Gasteiger charge is 2.30. The average Bonchev–Trinajstić information content (AvgIpc) is 2.76. The number of carbonyl (C=O) groups excluding carboxylic acids is 2. The lowest BCUT2D eigenvalue weighted by Crippen LogP contribution is -2.30. The van der Waals surface area contributed by atoms with Gasteiger partial charge in [-0.05, 0) is 42.3 Å². The number of fused-ring (bicyclic) bond motifs is 1. The van der Waals surface area contributed by atoms with Gasteiger partial charge in [-0.2, -0.15) is 13.2 Å². The molecule has 33 heavy (non-hydrogen) atoms. The number of anilines is 1. The third-order valence-electron chi connectivity index (χ3n) is 5.21. The fraction of sp³-hybridized carbons (Fsp3) is 0.292. The summed E-state index contributed by atoms with van der Waals surface area (Å²) in [5.74, 6) is -2.20. The maximum atomic E-state index is 13.1. The predicted molar refractivity (Wildman–Crippen MR) is 118 cm³/mol. The molecule has 174 valence electrons. The Hall–Kier alpha value is -3.62. The zero-order chi connectivity index (χ0) is 24.5. The topological polar surface area (TPSA) is 77.4 Å². The SMILES string of the molecule is CCc1cccc2c1c(OC(=O)C(C)C)c(C(=O)Nc1ccc(C(F)(F)F)cc1)c(=O)n2C. The van der Waals surface area contributed by atoms with Gasteiger partial charge in [0.2, 0.25) is 0 Å². The van der Waals surface area contributed by atoms with Crippen molar-refractivity contribution in [2.45, 2.75) is 33.4 Å². The number of aromatic nitrogens is 1. The van der Waals surface area contributed by atoms with Crippen molar-refractivity contribution < 1.29 is 27.5 Å². The van der Waals surface area contributed by atoms with Gasteiger partial charge >= 0.3 is 12.1 Å². The fourth-order valence-electron chi connectivity index (χ4n) is 3.38. The number of alkyl halides is 3. The van der Waals surface area contributed by atoms with Crippen LogP contribution in [0.25, 0.3) is 10.9 Å². The second kappa shape index (κ2) is 9.09. The summed E-state index contributed by atoms with van der Waals surface area (Å²) in [7, 11) is 1.49. The number of esters is 1. The number of halogens is 3. The standard InChI is InChI=1S/C24H23F3N2O4/c1-5-14-7-6-8-17-18(14)20(33-23(32)13(2)3)19(22(31)29(17)4)21(30)28-16-11-9-15(10-12-16)24(25,26)27/h6-13H,5H2,1-4H3,(H,28,30). The van der Waals surface area contributed by atoms with Crippen LogP contribution in [0.2, 0.25) is 0 Å². The number of amides is 1. The van der Waals surface area contributed by atoms with Gasteiger partial charge in [0.05, 0.1) is 17.0 Å². The number of rotatable bonds is 5. The Labute approximate surface area is 188 Å². The Bertz CT molecular complexity index is 1280. The molecular formula is C24H23F3N2O4. The summed E-state index contributed by atoms with van der Waals surface area (Å²) < 4.78 is 45.3. The van der Waals surface area contributed by atoms with Crippen LogP contribution in [0.1, 0.15) is 42.3 Å². The minimum atomic E-state index is -4.52. The molecule has 9 heteroatoms. The second-order valence-electron chi connectivity index (χ2n) is 7.84. The second-order valence-corrected chi connectivity index (χ2v) is 7.84. The highest BCUT2D eigenvalue weighted by Crippen LogP contribution is 2.33. The lowest BCUT2D eigenvalue weighted by atomic mass is 10.0. The Balaban J connectivity index is 2.18. The molecule has 0 aliphatic heterocycles. The van der Waals surface area contributed by atoms with E-state index in [4.69, 9.17) is 4.74 Å². The van der Waals surface area contributed by atoms with Crippen LogP contribution in [0.5, 0.6) is 5.75 Å². The van der Waals surface area contributed by atoms with E-state index in [2.05, 4.69) is 5.32 Å². The molecular weight excluding hydrogens is 437 g/mol. The van der Waals surface area contributed by atoms with Crippen LogP contribution in [0.3, 0.4) is 0 Å². The number of ether oxygens (including phenoxy) is 1. The molecule has 0 atom stereocenters. The van der Waals surface area contributed by atoms with Crippen molar-refractivity contribution in [1.29, 1.82) is 0 Å². The molecule has 1 amide bonds. The van der Waals surface area contributed by atoms with Crippen molar-refractivity contribution in [3.63, 3.8) is 0 Å².